The van der Waals surface area contributed by atoms with Crippen molar-refractivity contribution in [2.24, 2.45) is 16.7 Å². The van der Waals surface area contributed by atoms with Crippen molar-refractivity contribution in [2.75, 3.05) is 5.32 Å². The van der Waals surface area contributed by atoms with E-state index in [1.807, 2.05) is 0 Å². The zero-order chi connectivity index (χ0) is 13.7. The zero-order valence-corrected chi connectivity index (χ0v) is 12.5. The maximum Gasteiger partial charge on any atom is 0.228 e. The first-order chi connectivity index (χ1) is 8.19. The minimum absolute atomic E-state index is 0.0000447. The van der Waals surface area contributed by atoms with Crippen LogP contribution in [0.3, 0.4) is 0 Å². The number of halogens is 2. The quantitative estimate of drug-likeness (QED) is 0.844. The lowest BCUT2D eigenvalue weighted by atomic mass is 10.0. The summed E-state index contributed by atoms with van der Waals surface area (Å²) in [7, 11) is 0. The van der Waals surface area contributed by atoms with Crippen LogP contribution in [-0.2, 0) is 4.79 Å². The molecular formula is C14H17Cl2NO. The Labute approximate surface area is 118 Å². The van der Waals surface area contributed by atoms with Gasteiger partial charge in [0.1, 0.15) is 0 Å². The third-order valence-corrected chi connectivity index (χ3v) is 5.31. The highest BCUT2D eigenvalue weighted by atomic mass is 35.5. The third-order valence-electron chi connectivity index (χ3n) is 4.49. The van der Waals surface area contributed by atoms with Crippen LogP contribution < -0.4 is 5.32 Å². The van der Waals surface area contributed by atoms with E-state index in [9.17, 15) is 4.79 Å². The Kier molecular flexibility index (Phi) is 3.15. The van der Waals surface area contributed by atoms with Gasteiger partial charge in [-0.25, -0.2) is 0 Å². The van der Waals surface area contributed by atoms with E-state index in [1.54, 1.807) is 18.2 Å². The molecule has 0 bridgehead atoms. The smallest absolute Gasteiger partial charge is 0.228 e. The monoisotopic (exact) mass is 285 g/mol. The molecule has 1 aliphatic carbocycles. The highest BCUT2D eigenvalue weighted by Gasteiger charge is 2.68. The summed E-state index contributed by atoms with van der Waals surface area (Å²) in [5, 5.41) is 3.71. The van der Waals surface area contributed by atoms with Gasteiger partial charge in [-0.15, -0.1) is 0 Å². The highest BCUT2D eigenvalue weighted by molar-refractivity contribution is 6.44. The maximum atomic E-state index is 12.3. The fourth-order valence-electron chi connectivity index (χ4n) is 2.66. The number of rotatable bonds is 2. The molecule has 1 aromatic carbocycles. The summed E-state index contributed by atoms with van der Waals surface area (Å²) in [6.07, 6.45) is 0. The van der Waals surface area contributed by atoms with Gasteiger partial charge in [-0.1, -0.05) is 57.0 Å². The van der Waals surface area contributed by atoms with Crippen molar-refractivity contribution in [1.29, 1.82) is 0 Å². The van der Waals surface area contributed by atoms with Gasteiger partial charge >= 0.3 is 0 Å². The molecule has 1 saturated carbocycles. The van der Waals surface area contributed by atoms with Gasteiger partial charge in [0.2, 0.25) is 5.91 Å². The van der Waals surface area contributed by atoms with E-state index in [0.29, 0.717) is 15.7 Å². The van der Waals surface area contributed by atoms with Crippen molar-refractivity contribution >= 4 is 34.8 Å². The minimum atomic E-state index is 0.0000447. The van der Waals surface area contributed by atoms with Gasteiger partial charge in [0.25, 0.3) is 0 Å². The minimum Gasteiger partial charge on any atom is -0.324 e. The molecule has 98 valence electrons. The number of anilines is 1. The number of nitrogens with one attached hydrogen (secondary N) is 1. The molecule has 0 saturated heterocycles. The summed E-state index contributed by atoms with van der Waals surface area (Å²) >= 11 is 12.0. The van der Waals surface area contributed by atoms with Gasteiger partial charge in [0.05, 0.1) is 15.7 Å². The van der Waals surface area contributed by atoms with Crippen LogP contribution in [0.1, 0.15) is 27.7 Å². The number of hydrogen-bond acceptors (Lipinski definition) is 1. The summed E-state index contributed by atoms with van der Waals surface area (Å²) in [4.78, 5) is 12.3. The molecule has 0 unspecified atom stereocenters. The second kappa shape index (κ2) is 4.14. The van der Waals surface area contributed by atoms with Gasteiger partial charge in [-0.05, 0) is 23.0 Å². The molecule has 0 spiro atoms. The van der Waals surface area contributed by atoms with Crippen LogP contribution >= 0.6 is 23.2 Å². The molecule has 0 atom stereocenters. The summed E-state index contributed by atoms with van der Waals surface area (Å²) in [5.41, 5.74) is 0.609. The number of carbonyl (C=O) groups excluding carboxylic acids is 1. The lowest BCUT2D eigenvalue weighted by Gasteiger charge is -2.09. The fourth-order valence-corrected chi connectivity index (χ4v) is 3.00. The lowest BCUT2D eigenvalue weighted by molar-refractivity contribution is -0.118. The number of carbonyl (C=O) groups is 1. The first kappa shape index (κ1) is 13.7. The predicted molar refractivity (Wildman–Crippen MR) is 76.1 cm³/mol. The van der Waals surface area contributed by atoms with E-state index in [-0.39, 0.29) is 22.7 Å². The number of benzene rings is 1. The van der Waals surface area contributed by atoms with Crippen LogP contribution in [0, 0.1) is 16.7 Å². The van der Waals surface area contributed by atoms with Crippen molar-refractivity contribution in [3.05, 3.63) is 28.2 Å². The standard InChI is InChI=1S/C14H17Cl2NO/c1-13(2)11(14(13,3)4)12(18)17-9-7-5-6-8(15)10(9)16/h5-7,11H,1-4H3,(H,17,18). The Morgan fingerprint density at radius 3 is 2.22 bits per heavy atom. The lowest BCUT2D eigenvalue weighted by Crippen LogP contribution is -2.17. The Balaban J connectivity index is 2.17. The number of amides is 1. The Morgan fingerprint density at radius 2 is 1.72 bits per heavy atom. The van der Waals surface area contributed by atoms with Gasteiger partial charge in [-0.3, -0.25) is 4.79 Å². The first-order valence-corrected chi connectivity index (χ1v) is 6.70. The normalized spacial score (nSPS) is 20.6. The van der Waals surface area contributed by atoms with Crippen molar-refractivity contribution in [3.8, 4) is 0 Å². The van der Waals surface area contributed by atoms with Crippen LogP contribution in [0.4, 0.5) is 5.69 Å². The van der Waals surface area contributed by atoms with Crippen LogP contribution in [0.15, 0.2) is 18.2 Å². The second-order valence-electron chi connectivity index (χ2n) is 5.97. The van der Waals surface area contributed by atoms with Crippen LogP contribution in [0.25, 0.3) is 0 Å². The van der Waals surface area contributed by atoms with Gasteiger partial charge in [-0.2, -0.15) is 0 Å². The summed E-state index contributed by atoms with van der Waals surface area (Å²) < 4.78 is 0. The Morgan fingerprint density at radius 1 is 1.17 bits per heavy atom. The molecule has 2 nitrogen and oxygen atoms in total. The van der Waals surface area contributed by atoms with E-state index in [0.717, 1.165) is 0 Å². The van der Waals surface area contributed by atoms with Gasteiger partial charge in [0, 0.05) is 5.92 Å². The molecule has 0 radical (unpaired) electrons. The average molecular weight is 286 g/mol. The third kappa shape index (κ3) is 1.92. The number of hydrogen-bond donors (Lipinski definition) is 1. The molecule has 1 aromatic rings. The average Bonchev–Trinajstić information content (AvgIpc) is 2.65. The molecule has 1 fully saturated rings. The highest BCUT2D eigenvalue weighted by Crippen LogP contribution is 2.68. The van der Waals surface area contributed by atoms with Crippen LogP contribution in [-0.4, -0.2) is 5.91 Å². The Bertz CT molecular complexity index is 495. The van der Waals surface area contributed by atoms with Crippen molar-refractivity contribution < 1.29 is 4.79 Å². The molecular weight excluding hydrogens is 269 g/mol. The van der Waals surface area contributed by atoms with Crippen LogP contribution in [0.2, 0.25) is 10.0 Å². The zero-order valence-electron chi connectivity index (χ0n) is 11.0. The maximum absolute atomic E-state index is 12.3. The SMILES string of the molecule is CC1(C)C(C(=O)Nc2cccc(Cl)c2Cl)C1(C)C. The molecule has 2 rings (SSSR count). The summed E-state index contributed by atoms with van der Waals surface area (Å²) in [5.74, 6) is 0.00853. The van der Waals surface area contributed by atoms with E-state index in [1.165, 1.54) is 0 Å². The molecule has 1 amide bonds. The first-order valence-electron chi connectivity index (χ1n) is 5.94. The van der Waals surface area contributed by atoms with E-state index >= 15 is 0 Å². The molecule has 1 aliphatic rings. The predicted octanol–water partition coefficient (Wildman–Crippen LogP) is 4.61. The summed E-state index contributed by atoms with van der Waals surface area (Å²) in [6.45, 7) is 8.43. The molecule has 18 heavy (non-hydrogen) atoms. The van der Waals surface area contributed by atoms with Crippen molar-refractivity contribution in [2.45, 2.75) is 27.7 Å². The van der Waals surface area contributed by atoms with E-state index < -0.39 is 0 Å². The molecule has 0 aliphatic heterocycles. The van der Waals surface area contributed by atoms with Gasteiger partial charge < -0.3 is 5.32 Å². The van der Waals surface area contributed by atoms with Crippen molar-refractivity contribution in [1.82, 2.24) is 0 Å². The molecule has 0 aromatic heterocycles. The van der Waals surface area contributed by atoms with E-state index in [2.05, 4.69) is 33.0 Å². The molecule has 4 heteroatoms. The summed E-state index contributed by atoms with van der Waals surface area (Å²) in [6, 6.07) is 5.23. The van der Waals surface area contributed by atoms with Crippen LogP contribution in [0.5, 0.6) is 0 Å². The second-order valence-corrected chi connectivity index (χ2v) is 6.75. The topological polar surface area (TPSA) is 29.1 Å². The van der Waals surface area contributed by atoms with Crippen molar-refractivity contribution in [3.63, 3.8) is 0 Å². The van der Waals surface area contributed by atoms with Gasteiger partial charge in [0.15, 0.2) is 0 Å². The molecule has 0 heterocycles. The Hall–Kier alpha value is -0.730. The molecule has 1 N–H and O–H groups in total. The largest absolute Gasteiger partial charge is 0.324 e. The fraction of sp³-hybridized carbons (Fsp3) is 0.500. The van der Waals surface area contributed by atoms with E-state index in [4.69, 9.17) is 23.2 Å².